The number of aliphatic hydroxyl groups is 1. The quantitative estimate of drug-likeness (QED) is 0.799. The van der Waals surface area contributed by atoms with Gasteiger partial charge in [-0.1, -0.05) is 18.2 Å². The SMILES string of the molecule is Cn1ncnc1CC(O)c1nc2ccccc2cc1Br. The molecule has 0 aliphatic heterocycles. The number of hydrogen-bond donors (Lipinski definition) is 1. The van der Waals surface area contributed by atoms with Gasteiger partial charge in [0.1, 0.15) is 18.3 Å². The maximum Gasteiger partial charge on any atom is 0.138 e. The molecule has 0 aliphatic carbocycles. The molecule has 0 radical (unpaired) electrons. The summed E-state index contributed by atoms with van der Waals surface area (Å²) in [5, 5.41) is 15.4. The van der Waals surface area contributed by atoms with Gasteiger partial charge < -0.3 is 5.11 Å². The number of pyridine rings is 1. The molecular formula is C14H13BrN4O. The first-order chi connectivity index (χ1) is 9.65. The molecule has 2 heterocycles. The van der Waals surface area contributed by atoms with Gasteiger partial charge in [-0.15, -0.1) is 0 Å². The molecule has 1 aromatic carbocycles. The van der Waals surface area contributed by atoms with Gasteiger partial charge in [0.25, 0.3) is 0 Å². The number of para-hydroxylation sites is 1. The zero-order valence-corrected chi connectivity index (χ0v) is 12.4. The molecule has 3 rings (SSSR count). The van der Waals surface area contributed by atoms with Crippen LogP contribution >= 0.6 is 15.9 Å². The number of fused-ring (bicyclic) bond motifs is 1. The highest BCUT2D eigenvalue weighted by Crippen LogP contribution is 2.27. The second kappa shape index (κ2) is 5.30. The average Bonchev–Trinajstić information content (AvgIpc) is 2.83. The van der Waals surface area contributed by atoms with E-state index >= 15 is 0 Å². The maximum atomic E-state index is 10.4. The summed E-state index contributed by atoms with van der Waals surface area (Å²) in [5.74, 6) is 0.722. The Morgan fingerprint density at radius 2 is 2.15 bits per heavy atom. The van der Waals surface area contributed by atoms with Crippen molar-refractivity contribution in [2.75, 3.05) is 0 Å². The average molecular weight is 333 g/mol. The predicted octanol–water partition coefficient (Wildman–Crippen LogP) is 2.40. The van der Waals surface area contributed by atoms with Gasteiger partial charge in [-0.3, -0.25) is 4.68 Å². The molecule has 0 spiro atoms. The topological polar surface area (TPSA) is 63.8 Å². The molecule has 0 fully saturated rings. The molecule has 5 nitrogen and oxygen atoms in total. The first kappa shape index (κ1) is 13.2. The van der Waals surface area contributed by atoms with Gasteiger partial charge in [0.05, 0.1) is 11.2 Å². The highest BCUT2D eigenvalue weighted by Gasteiger charge is 2.17. The molecular weight excluding hydrogens is 320 g/mol. The summed E-state index contributed by atoms with van der Waals surface area (Å²) >= 11 is 3.48. The number of benzene rings is 1. The molecule has 0 saturated heterocycles. The van der Waals surface area contributed by atoms with Crippen LogP contribution in [0.2, 0.25) is 0 Å². The van der Waals surface area contributed by atoms with E-state index in [4.69, 9.17) is 0 Å². The molecule has 20 heavy (non-hydrogen) atoms. The third-order valence-corrected chi connectivity index (χ3v) is 3.84. The Kier molecular flexibility index (Phi) is 3.50. The fourth-order valence-corrected chi connectivity index (χ4v) is 2.71. The molecule has 0 amide bonds. The Morgan fingerprint density at radius 1 is 1.35 bits per heavy atom. The van der Waals surface area contributed by atoms with Crippen LogP contribution in [0.3, 0.4) is 0 Å². The lowest BCUT2D eigenvalue weighted by molar-refractivity contribution is 0.169. The third-order valence-electron chi connectivity index (χ3n) is 3.20. The van der Waals surface area contributed by atoms with E-state index in [1.54, 1.807) is 11.7 Å². The van der Waals surface area contributed by atoms with Crippen LogP contribution in [0.15, 0.2) is 41.1 Å². The van der Waals surface area contributed by atoms with Gasteiger partial charge in [0.15, 0.2) is 0 Å². The van der Waals surface area contributed by atoms with E-state index in [1.165, 1.54) is 6.33 Å². The molecule has 1 unspecified atom stereocenters. The minimum atomic E-state index is -0.725. The summed E-state index contributed by atoms with van der Waals surface area (Å²) in [6, 6.07) is 9.79. The monoisotopic (exact) mass is 332 g/mol. The Labute approximate surface area is 124 Å². The molecule has 102 valence electrons. The first-order valence-electron chi connectivity index (χ1n) is 6.21. The van der Waals surface area contributed by atoms with Crippen LogP contribution in [0.1, 0.15) is 17.6 Å². The fourth-order valence-electron chi connectivity index (χ4n) is 2.11. The molecule has 0 bridgehead atoms. The predicted molar refractivity (Wildman–Crippen MR) is 79.1 cm³/mol. The number of aliphatic hydroxyl groups excluding tert-OH is 1. The van der Waals surface area contributed by atoms with Crippen molar-refractivity contribution in [3.8, 4) is 0 Å². The van der Waals surface area contributed by atoms with Crippen molar-refractivity contribution in [1.29, 1.82) is 0 Å². The van der Waals surface area contributed by atoms with Crippen molar-refractivity contribution in [2.45, 2.75) is 12.5 Å². The molecule has 0 saturated carbocycles. The van der Waals surface area contributed by atoms with Crippen molar-refractivity contribution in [3.05, 3.63) is 52.7 Å². The Balaban J connectivity index is 1.96. The van der Waals surface area contributed by atoms with E-state index in [2.05, 4.69) is 31.0 Å². The molecule has 1 atom stereocenters. The van der Waals surface area contributed by atoms with E-state index in [0.717, 1.165) is 21.2 Å². The summed E-state index contributed by atoms with van der Waals surface area (Å²) in [7, 11) is 1.80. The van der Waals surface area contributed by atoms with Crippen LogP contribution in [0, 0.1) is 0 Å². The van der Waals surface area contributed by atoms with Crippen molar-refractivity contribution < 1.29 is 5.11 Å². The van der Waals surface area contributed by atoms with Gasteiger partial charge in [0, 0.05) is 23.3 Å². The van der Waals surface area contributed by atoms with Crippen molar-refractivity contribution in [3.63, 3.8) is 0 Å². The zero-order chi connectivity index (χ0) is 14.1. The van der Waals surface area contributed by atoms with Crippen molar-refractivity contribution in [1.82, 2.24) is 19.7 Å². The lowest BCUT2D eigenvalue weighted by Crippen LogP contribution is -2.09. The Morgan fingerprint density at radius 3 is 2.90 bits per heavy atom. The van der Waals surface area contributed by atoms with Crippen LogP contribution in [-0.2, 0) is 13.5 Å². The molecule has 2 aromatic heterocycles. The second-order valence-electron chi connectivity index (χ2n) is 4.57. The van der Waals surface area contributed by atoms with Gasteiger partial charge in [-0.05, 0) is 28.1 Å². The van der Waals surface area contributed by atoms with Crippen LogP contribution in [0.5, 0.6) is 0 Å². The number of aryl methyl sites for hydroxylation is 1. The Hall–Kier alpha value is -1.79. The highest BCUT2D eigenvalue weighted by molar-refractivity contribution is 9.10. The van der Waals surface area contributed by atoms with Crippen molar-refractivity contribution in [2.24, 2.45) is 7.05 Å². The van der Waals surface area contributed by atoms with Gasteiger partial charge in [-0.2, -0.15) is 5.10 Å². The summed E-state index contributed by atoms with van der Waals surface area (Å²) in [4.78, 5) is 8.65. The molecule has 3 aromatic rings. The number of rotatable bonds is 3. The number of nitrogens with zero attached hydrogens (tertiary/aromatic N) is 4. The highest BCUT2D eigenvalue weighted by atomic mass is 79.9. The standard InChI is InChI=1S/C14H13BrN4O/c1-19-13(16-8-17-19)7-12(20)14-10(15)6-9-4-2-3-5-11(9)18-14/h2-6,8,12,20H,7H2,1H3. The van der Waals surface area contributed by atoms with E-state index in [0.29, 0.717) is 12.1 Å². The van der Waals surface area contributed by atoms with Gasteiger partial charge >= 0.3 is 0 Å². The second-order valence-corrected chi connectivity index (χ2v) is 5.42. The third kappa shape index (κ3) is 2.44. The molecule has 1 N–H and O–H groups in total. The maximum absolute atomic E-state index is 10.4. The summed E-state index contributed by atoms with van der Waals surface area (Å²) in [6.07, 6.45) is 1.13. The summed E-state index contributed by atoms with van der Waals surface area (Å²) < 4.78 is 2.45. The van der Waals surface area contributed by atoms with Crippen LogP contribution < -0.4 is 0 Å². The summed E-state index contributed by atoms with van der Waals surface area (Å²) in [5.41, 5.74) is 1.48. The normalized spacial score (nSPS) is 12.8. The van der Waals surface area contributed by atoms with Crippen LogP contribution in [-0.4, -0.2) is 24.9 Å². The number of hydrogen-bond acceptors (Lipinski definition) is 4. The summed E-state index contributed by atoms with van der Waals surface area (Å²) in [6.45, 7) is 0. The van der Waals surface area contributed by atoms with E-state index in [9.17, 15) is 5.11 Å². The lowest BCUT2D eigenvalue weighted by atomic mass is 10.1. The molecule has 6 heteroatoms. The first-order valence-corrected chi connectivity index (χ1v) is 7.00. The minimum Gasteiger partial charge on any atom is -0.386 e. The zero-order valence-electron chi connectivity index (χ0n) is 10.9. The van der Waals surface area contributed by atoms with E-state index < -0.39 is 6.10 Å². The van der Waals surface area contributed by atoms with Crippen LogP contribution in [0.4, 0.5) is 0 Å². The van der Waals surface area contributed by atoms with Gasteiger partial charge in [0.2, 0.25) is 0 Å². The Bertz CT molecular complexity index is 756. The van der Waals surface area contributed by atoms with Crippen LogP contribution in [0.25, 0.3) is 10.9 Å². The van der Waals surface area contributed by atoms with Gasteiger partial charge in [-0.25, -0.2) is 9.97 Å². The van der Waals surface area contributed by atoms with E-state index in [1.807, 2.05) is 30.3 Å². The van der Waals surface area contributed by atoms with Crippen molar-refractivity contribution >= 4 is 26.8 Å². The number of aromatic nitrogens is 4. The number of halogens is 1. The molecule has 0 aliphatic rings. The fraction of sp³-hybridized carbons (Fsp3) is 0.214. The largest absolute Gasteiger partial charge is 0.386 e. The smallest absolute Gasteiger partial charge is 0.138 e. The van der Waals surface area contributed by atoms with E-state index in [-0.39, 0.29) is 0 Å². The minimum absolute atomic E-state index is 0.375. The lowest BCUT2D eigenvalue weighted by Gasteiger charge is -2.12.